The Morgan fingerprint density at radius 1 is 1.33 bits per heavy atom. The monoisotopic (exact) mass is 247 g/mol. The van der Waals surface area contributed by atoms with E-state index in [0.29, 0.717) is 0 Å². The molecule has 0 fully saturated rings. The summed E-state index contributed by atoms with van der Waals surface area (Å²) in [5.41, 5.74) is 5.00. The van der Waals surface area contributed by atoms with E-state index in [1.54, 1.807) is 7.11 Å². The molecular weight excluding hydrogens is 222 g/mol. The van der Waals surface area contributed by atoms with E-state index in [2.05, 4.69) is 51.2 Å². The number of hydrogen-bond donors (Lipinski definition) is 1. The van der Waals surface area contributed by atoms with Crippen LogP contribution < -0.4 is 10.1 Å². The molecule has 0 aliphatic rings. The van der Waals surface area contributed by atoms with Gasteiger partial charge in [0.1, 0.15) is 5.75 Å². The predicted molar refractivity (Wildman–Crippen MR) is 79.3 cm³/mol. The van der Waals surface area contributed by atoms with Gasteiger partial charge in [-0.3, -0.25) is 0 Å². The molecule has 0 saturated carbocycles. The van der Waals surface area contributed by atoms with Crippen molar-refractivity contribution in [3.05, 3.63) is 34.9 Å². The molecule has 0 saturated heterocycles. The van der Waals surface area contributed by atoms with Gasteiger partial charge in [0.2, 0.25) is 0 Å². The van der Waals surface area contributed by atoms with E-state index >= 15 is 0 Å². The first-order chi connectivity index (χ1) is 8.61. The second-order valence-electron chi connectivity index (χ2n) is 4.62. The zero-order chi connectivity index (χ0) is 13.5. The predicted octanol–water partition coefficient (Wildman–Crippen LogP) is 3.71. The van der Waals surface area contributed by atoms with Crippen molar-refractivity contribution < 1.29 is 4.74 Å². The van der Waals surface area contributed by atoms with Crippen molar-refractivity contribution in [2.75, 3.05) is 20.2 Å². The molecule has 0 spiro atoms. The molecule has 100 valence electrons. The van der Waals surface area contributed by atoms with E-state index in [0.717, 1.165) is 25.3 Å². The first-order valence-corrected chi connectivity index (χ1v) is 6.63. The molecule has 0 aliphatic carbocycles. The third-order valence-corrected chi connectivity index (χ3v) is 3.33. The lowest BCUT2D eigenvalue weighted by Crippen LogP contribution is -2.13. The number of ether oxygens (including phenoxy) is 1. The van der Waals surface area contributed by atoms with Gasteiger partial charge >= 0.3 is 0 Å². The Morgan fingerprint density at radius 3 is 2.67 bits per heavy atom. The summed E-state index contributed by atoms with van der Waals surface area (Å²) < 4.78 is 5.55. The highest BCUT2D eigenvalue weighted by atomic mass is 16.5. The van der Waals surface area contributed by atoms with Crippen molar-refractivity contribution >= 4 is 5.57 Å². The molecule has 0 unspecified atom stereocenters. The molecule has 18 heavy (non-hydrogen) atoms. The summed E-state index contributed by atoms with van der Waals surface area (Å²) in [7, 11) is 1.75. The zero-order valence-electron chi connectivity index (χ0n) is 12.3. The molecule has 0 aromatic heterocycles. The Morgan fingerprint density at radius 2 is 2.06 bits per heavy atom. The lowest BCUT2D eigenvalue weighted by Gasteiger charge is -2.14. The maximum atomic E-state index is 5.55. The van der Waals surface area contributed by atoms with Crippen LogP contribution in [0.1, 0.15) is 37.0 Å². The van der Waals surface area contributed by atoms with Gasteiger partial charge in [-0.2, -0.15) is 0 Å². The average Bonchev–Trinajstić information content (AvgIpc) is 2.37. The summed E-state index contributed by atoms with van der Waals surface area (Å²) in [6.45, 7) is 10.6. The second-order valence-corrected chi connectivity index (χ2v) is 4.62. The van der Waals surface area contributed by atoms with Crippen LogP contribution in [0.25, 0.3) is 5.57 Å². The largest absolute Gasteiger partial charge is 0.496 e. The fourth-order valence-electron chi connectivity index (χ4n) is 2.04. The number of benzene rings is 1. The van der Waals surface area contributed by atoms with Gasteiger partial charge in [-0.25, -0.2) is 0 Å². The minimum atomic E-state index is 1.01. The summed E-state index contributed by atoms with van der Waals surface area (Å²) in [5, 5.41) is 3.33. The molecule has 2 heteroatoms. The second kappa shape index (κ2) is 7.22. The van der Waals surface area contributed by atoms with Crippen LogP contribution in [0.4, 0.5) is 0 Å². The zero-order valence-corrected chi connectivity index (χ0v) is 12.3. The molecule has 0 aliphatic heterocycles. The van der Waals surface area contributed by atoms with E-state index < -0.39 is 0 Å². The average molecular weight is 247 g/mol. The van der Waals surface area contributed by atoms with Crippen LogP contribution in [0, 0.1) is 13.8 Å². The van der Waals surface area contributed by atoms with Crippen LogP contribution in [0.3, 0.4) is 0 Å². The molecule has 2 nitrogen and oxygen atoms in total. The SMILES string of the molecule is CCNCC/C=C(/C)c1ccc(C)c(C)c1OC. The molecule has 1 rings (SSSR count). The number of aryl methyl sites for hydroxylation is 1. The molecule has 0 heterocycles. The van der Waals surface area contributed by atoms with E-state index in [-0.39, 0.29) is 0 Å². The van der Waals surface area contributed by atoms with Gasteiger partial charge in [-0.05, 0) is 57.0 Å². The highest BCUT2D eigenvalue weighted by Gasteiger charge is 2.09. The quantitative estimate of drug-likeness (QED) is 0.774. The van der Waals surface area contributed by atoms with Crippen molar-refractivity contribution in [3.63, 3.8) is 0 Å². The van der Waals surface area contributed by atoms with E-state index in [4.69, 9.17) is 4.74 Å². The van der Waals surface area contributed by atoms with Crippen LogP contribution in [0.5, 0.6) is 5.75 Å². The van der Waals surface area contributed by atoms with E-state index in [9.17, 15) is 0 Å². The Kier molecular flexibility index (Phi) is 5.93. The number of methoxy groups -OCH3 is 1. The highest BCUT2D eigenvalue weighted by molar-refractivity contribution is 5.71. The normalized spacial score (nSPS) is 11.7. The van der Waals surface area contributed by atoms with E-state index in [1.807, 2.05) is 0 Å². The van der Waals surface area contributed by atoms with Crippen molar-refractivity contribution in [2.24, 2.45) is 0 Å². The minimum absolute atomic E-state index is 1.01. The fraction of sp³-hybridized carbons (Fsp3) is 0.500. The number of hydrogen-bond acceptors (Lipinski definition) is 2. The van der Waals surface area contributed by atoms with Gasteiger partial charge in [0.15, 0.2) is 0 Å². The summed E-state index contributed by atoms with van der Waals surface area (Å²) in [6, 6.07) is 4.31. The Labute approximate surface area is 111 Å². The smallest absolute Gasteiger partial charge is 0.129 e. The molecular formula is C16H25NO. The van der Waals surface area contributed by atoms with Gasteiger partial charge in [0.25, 0.3) is 0 Å². The molecule has 1 N–H and O–H groups in total. The maximum absolute atomic E-state index is 5.55. The molecule has 0 atom stereocenters. The molecule has 1 aromatic carbocycles. The molecule has 1 aromatic rings. The topological polar surface area (TPSA) is 21.3 Å². The Hall–Kier alpha value is -1.28. The lowest BCUT2D eigenvalue weighted by atomic mass is 9.99. The third kappa shape index (κ3) is 3.61. The minimum Gasteiger partial charge on any atom is -0.496 e. The van der Waals surface area contributed by atoms with Gasteiger partial charge < -0.3 is 10.1 Å². The van der Waals surface area contributed by atoms with Gasteiger partial charge in [-0.1, -0.05) is 25.1 Å². The summed E-state index contributed by atoms with van der Waals surface area (Å²) in [5.74, 6) is 1.01. The van der Waals surface area contributed by atoms with Crippen LogP contribution in [-0.4, -0.2) is 20.2 Å². The fourth-order valence-corrected chi connectivity index (χ4v) is 2.04. The van der Waals surface area contributed by atoms with Crippen LogP contribution in [0.2, 0.25) is 0 Å². The molecule has 0 amide bonds. The van der Waals surface area contributed by atoms with Crippen LogP contribution in [0.15, 0.2) is 18.2 Å². The number of nitrogens with one attached hydrogen (secondary N) is 1. The lowest BCUT2D eigenvalue weighted by molar-refractivity contribution is 0.410. The molecule has 0 bridgehead atoms. The Balaban J connectivity index is 2.91. The summed E-state index contributed by atoms with van der Waals surface area (Å²) in [4.78, 5) is 0. The van der Waals surface area contributed by atoms with Crippen molar-refractivity contribution in [2.45, 2.75) is 34.1 Å². The van der Waals surface area contributed by atoms with Crippen LogP contribution >= 0.6 is 0 Å². The number of allylic oxidation sites excluding steroid dienone is 1. The van der Waals surface area contributed by atoms with Crippen molar-refractivity contribution in [3.8, 4) is 5.75 Å². The third-order valence-electron chi connectivity index (χ3n) is 3.33. The first kappa shape index (κ1) is 14.8. The highest BCUT2D eigenvalue weighted by Crippen LogP contribution is 2.31. The van der Waals surface area contributed by atoms with Gasteiger partial charge in [-0.15, -0.1) is 0 Å². The summed E-state index contributed by atoms with van der Waals surface area (Å²) >= 11 is 0. The maximum Gasteiger partial charge on any atom is 0.129 e. The van der Waals surface area contributed by atoms with E-state index in [1.165, 1.54) is 22.3 Å². The first-order valence-electron chi connectivity index (χ1n) is 6.63. The molecule has 0 radical (unpaired) electrons. The van der Waals surface area contributed by atoms with Gasteiger partial charge in [0.05, 0.1) is 7.11 Å². The standard InChI is InChI=1S/C16H25NO/c1-6-17-11-7-8-13(3)15-10-9-12(2)14(4)16(15)18-5/h8-10,17H,6-7,11H2,1-5H3/b13-8-. The summed E-state index contributed by atoms with van der Waals surface area (Å²) in [6.07, 6.45) is 3.32. The van der Waals surface area contributed by atoms with Crippen molar-refractivity contribution in [1.82, 2.24) is 5.32 Å². The van der Waals surface area contributed by atoms with Crippen LogP contribution in [-0.2, 0) is 0 Å². The Bertz CT molecular complexity index is 421. The number of rotatable bonds is 6. The van der Waals surface area contributed by atoms with Gasteiger partial charge in [0, 0.05) is 5.56 Å². The van der Waals surface area contributed by atoms with Crippen molar-refractivity contribution in [1.29, 1.82) is 0 Å².